The van der Waals surface area contributed by atoms with Crippen LogP contribution in [0.2, 0.25) is 0 Å². The van der Waals surface area contributed by atoms with E-state index in [1.54, 1.807) is 19.1 Å². The molecule has 0 aliphatic heterocycles. The Morgan fingerprint density at radius 2 is 2.00 bits per heavy atom. The fraction of sp³-hybridized carbons (Fsp3) is 0.286. The predicted molar refractivity (Wildman–Crippen MR) is 74.0 cm³/mol. The molecule has 0 aliphatic rings. The van der Waals surface area contributed by atoms with Crippen LogP contribution in [0.1, 0.15) is 28.6 Å². The standard InChI is InChI=1S/C14H14O4S/c1-7-4-12-9(5-10(7)15)6-13(19-12)11(16)3-8(2)14(17)18/h4-6,8,15H,3H2,1-2H3,(H,17,18)/t8-/m0/s1. The zero-order valence-corrected chi connectivity index (χ0v) is 11.5. The molecule has 1 aromatic heterocycles. The molecule has 2 N–H and O–H groups in total. The van der Waals surface area contributed by atoms with Gasteiger partial charge in [-0.05, 0) is 36.1 Å². The number of carboxylic acid groups (broad SMARTS) is 1. The van der Waals surface area contributed by atoms with E-state index in [9.17, 15) is 14.7 Å². The van der Waals surface area contributed by atoms with Crippen molar-refractivity contribution in [3.05, 3.63) is 28.6 Å². The number of carboxylic acids is 1. The largest absolute Gasteiger partial charge is 0.508 e. The summed E-state index contributed by atoms with van der Waals surface area (Å²) < 4.78 is 0.918. The van der Waals surface area contributed by atoms with Crippen molar-refractivity contribution in [3.63, 3.8) is 0 Å². The molecule has 0 saturated carbocycles. The minimum atomic E-state index is -0.969. The molecule has 2 rings (SSSR count). The van der Waals surface area contributed by atoms with Crippen LogP contribution in [-0.2, 0) is 4.79 Å². The maximum atomic E-state index is 12.0. The van der Waals surface area contributed by atoms with Crippen molar-refractivity contribution in [2.75, 3.05) is 0 Å². The zero-order chi connectivity index (χ0) is 14.2. The van der Waals surface area contributed by atoms with Gasteiger partial charge in [0.2, 0.25) is 0 Å². The van der Waals surface area contributed by atoms with Gasteiger partial charge in [-0.1, -0.05) is 6.92 Å². The average molecular weight is 278 g/mol. The summed E-state index contributed by atoms with van der Waals surface area (Å²) in [6.45, 7) is 3.31. The number of phenols is 1. The summed E-state index contributed by atoms with van der Waals surface area (Å²) in [5, 5.41) is 19.2. The minimum absolute atomic E-state index is 0.00683. The van der Waals surface area contributed by atoms with Gasteiger partial charge in [-0.2, -0.15) is 0 Å². The second-order valence-corrected chi connectivity index (χ2v) is 5.74. The van der Waals surface area contributed by atoms with Crippen LogP contribution < -0.4 is 0 Å². The molecule has 0 fully saturated rings. The van der Waals surface area contributed by atoms with Crippen molar-refractivity contribution in [3.8, 4) is 5.75 Å². The highest BCUT2D eigenvalue weighted by atomic mass is 32.1. The van der Waals surface area contributed by atoms with Crippen molar-refractivity contribution >= 4 is 33.2 Å². The van der Waals surface area contributed by atoms with Crippen LogP contribution in [0.3, 0.4) is 0 Å². The van der Waals surface area contributed by atoms with E-state index in [0.29, 0.717) is 4.88 Å². The van der Waals surface area contributed by atoms with Crippen molar-refractivity contribution in [1.29, 1.82) is 0 Å². The van der Waals surface area contributed by atoms with Gasteiger partial charge in [0.1, 0.15) is 5.75 Å². The molecule has 4 nitrogen and oxygen atoms in total. The van der Waals surface area contributed by atoms with Crippen LogP contribution in [-0.4, -0.2) is 22.0 Å². The summed E-state index contributed by atoms with van der Waals surface area (Å²) in [6.07, 6.45) is -0.00683. The fourth-order valence-corrected chi connectivity index (χ4v) is 2.87. The highest BCUT2D eigenvalue weighted by molar-refractivity contribution is 7.20. The van der Waals surface area contributed by atoms with E-state index in [2.05, 4.69) is 0 Å². The normalized spacial score (nSPS) is 12.5. The summed E-state index contributed by atoms with van der Waals surface area (Å²) >= 11 is 1.33. The third-order valence-electron chi connectivity index (χ3n) is 3.02. The first-order valence-corrected chi connectivity index (χ1v) is 6.69. The number of benzene rings is 1. The van der Waals surface area contributed by atoms with Gasteiger partial charge in [0, 0.05) is 11.1 Å². The first-order chi connectivity index (χ1) is 8.88. The summed E-state index contributed by atoms with van der Waals surface area (Å²) in [4.78, 5) is 23.3. The molecule has 100 valence electrons. The minimum Gasteiger partial charge on any atom is -0.508 e. The zero-order valence-electron chi connectivity index (χ0n) is 10.6. The van der Waals surface area contributed by atoms with Crippen LogP contribution in [0.15, 0.2) is 18.2 Å². The Labute approximate surface area is 114 Å². The number of rotatable bonds is 4. The van der Waals surface area contributed by atoms with Gasteiger partial charge in [-0.15, -0.1) is 11.3 Å². The molecule has 5 heteroatoms. The predicted octanol–water partition coefficient (Wildman–Crippen LogP) is 3.21. The highest BCUT2D eigenvalue weighted by Crippen LogP contribution is 2.32. The first kappa shape index (κ1) is 13.5. The number of thiophene rings is 1. The van der Waals surface area contributed by atoms with Gasteiger partial charge in [-0.3, -0.25) is 9.59 Å². The Balaban J connectivity index is 2.31. The third kappa shape index (κ3) is 2.76. The number of carbonyl (C=O) groups is 2. The Bertz CT molecular complexity index is 618. The van der Waals surface area contributed by atoms with E-state index >= 15 is 0 Å². The molecule has 0 amide bonds. The average Bonchev–Trinajstić information content (AvgIpc) is 2.72. The number of carbonyl (C=O) groups excluding carboxylic acids is 1. The fourth-order valence-electron chi connectivity index (χ4n) is 1.78. The Morgan fingerprint density at radius 3 is 2.63 bits per heavy atom. The lowest BCUT2D eigenvalue weighted by molar-refractivity contribution is -0.141. The second kappa shape index (κ2) is 5.01. The van der Waals surface area contributed by atoms with E-state index in [0.717, 1.165) is 15.6 Å². The number of hydrogen-bond acceptors (Lipinski definition) is 4. The number of hydrogen-bond donors (Lipinski definition) is 2. The molecule has 1 heterocycles. The van der Waals surface area contributed by atoms with Gasteiger partial charge in [0.25, 0.3) is 0 Å². The number of aliphatic carboxylic acids is 1. The maximum Gasteiger partial charge on any atom is 0.306 e. The second-order valence-electron chi connectivity index (χ2n) is 4.65. The van der Waals surface area contributed by atoms with Crippen LogP contribution in [0.25, 0.3) is 10.1 Å². The molecular formula is C14H14O4S. The van der Waals surface area contributed by atoms with Gasteiger partial charge in [-0.25, -0.2) is 0 Å². The van der Waals surface area contributed by atoms with Crippen LogP contribution in [0.4, 0.5) is 0 Å². The summed E-state index contributed by atoms with van der Waals surface area (Å²) in [7, 11) is 0. The molecule has 0 saturated heterocycles. The Kier molecular flexibility index (Phi) is 3.57. The molecule has 1 aromatic carbocycles. The number of phenolic OH excluding ortho intramolecular Hbond substituents is 1. The van der Waals surface area contributed by atoms with Crippen LogP contribution in [0.5, 0.6) is 5.75 Å². The number of aromatic hydroxyl groups is 1. The van der Waals surface area contributed by atoms with E-state index in [1.807, 2.05) is 6.07 Å². The van der Waals surface area contributed by atoms with Gasteiger partial charge >= 0.3 is 5.97 Å². The summed E-state index contributed by atoms with van der Waals surface area (Å²) in [5.74, 6) is -1.63. The van der Waals surface area contributed by atoms with Crippen LogP contribution >= 0.6 is 11.3 Å². The molecule has 2 aromatic rings. The lowest BCUT2D eigenvalue weighted by Crippen LogP contribution is -2.13. The molecule has 1 atom stereocenters. The van der Waals surface area contributed by atoms with E-state index in [-0.39, 0.29) is 18.0 Å². The van der Waals surface area contributed by atoms with E-state index in [4.69, 9.17) is 5.11 Å². The first-order valence-electron chi connectivity index (χ1n) is 5.87. The SMILES string of the molecule is Cc1cc2sc(C(=O)C[C@H](C)C(=O)O)cc2cc1O. The molecule has 0 aliphatic carbocycles. The monoisotopic (exact) mass is 278 g/mol. The van der Waals surface area contributed by atoms with E-state index < -0.39 is 11.9 Å². The molecule has 0 bridgehead atoms. The van der Waals surface area contributed by atoms with E-state index in [1.165, 1.54) is 18.3 Å². The summed E-state index contributed by atoms with van der Waals surface area (Å²) in [5.41, 5.74) is 0.757. The molecule has 0 radical (unpaired) electrons. The molecule has 0 spiro atoms. The van der Waals surface area contributed by atoms with Gasteiger partial charge < -0.3 is 10.2 Å². The molecule has 19 heavy (non-hydrogen) atoms. The van der Waals surface area contributed by atoms with Crippen molar-refractivity contribution in [2.45, 2.75) is 20.3 Å². The van der Waals surface area contributed by atoms with Crippen molar-refractivity contribution in [2.24, 2.45) is 5.92 Å². The van der Waals surface area contributed by atoms with Crippen molar-refractivity contribution < 1.29 is 19.8 Å². The smallest absolute Gasteiger partial charge is 0.306 e. The highest BCUT2D eigenvalue weighted by Gasteiger charge is 2.19. The number of fused-ring (bicyclic) bond motifs is 1. The van der Waals surface area contributed by atoms with Crippen LogP contribution in [0, 0.1) is 12.8 Å². The Morgan fingerprint density at radius 1 is 1.32 bits per heavy atom. The topological polar surface area (TPSA) is 74.6 Å². The molecular weight excluding hydrogens is 264 g/mol. The van der Waals surface area contributed by atoms with Gasteiger partial charge in [0.15, 0.2) is 5.78 Å². The van der Waals surface area contributed by atoms with Crippen molar-refractivity contribution in [1.82, 2.24) is 0 Å². The number of Topliss-reactive ketones (excluding diaryl/α,β-unsaturated/α-hetero) is 1. The maximum absolute atomic E-state index is 12.0. The summed E-state index contributed by atoms with van der Waals surface area (Å²) in [6, 6.07) is 5.15. The number of ketones is 1. The number of aryl methyl sites for hydroxylation is 1. The lowest BCUT2D eigenvalue weighted by atomic mass is 10.0. The third-order valence-corrected chi connectivity index (χ3v) is 4.16. The lowest BCUT2D eigenvalue weighted by Gasteiger charge is -2.02. The quantitative estimate of drug-likeness (QED) is 0.842. The Hall–Kier alpha value is -1.88. The molecule has 0 unspecified atom stereocenters. The van der Waals surface area contributed by atoms with Gasteiger partial charge in [0.05, 0.1) is 10.8 Å².